The van der Waals surface area contributed by atoms with Crippen molar-refractivity contribution in [1.29, 1.82) is 0 Å². The lowest BCUT2D eigenvalue weighted by molar-refractivity contribution is -0.297. The zero-order valence-electron chi connectivity index (χ0n) is 38.2. The van der Waals surface area contributed by atoms with E-state index in [1.807, 2.05) is 0 Å². The highest BCUT2D eigenvalue weighted by Crippen LogP contribution is 2.24. The third kappa shape index (κ3) is 32.9. The van der Waals surface area contributed by atoms with E-state index >= 15 is 0 Å². The lowest BCUT2D eigenvalue weighted by Crippen LogP contribution is -2.60. The first-order chi connectivity index (χ1) is 30.0. The van der Waals surface area contributed by atoms with Gasteiger partial charge in [-0.15, -0.1) is 0 Å². The third-order valence-electron chi connectivity index (χ3n) is 10.6. The maximum absolute atomic E-state index is 12.8. The van der Waals surface area contributed by atoms with E-state index in [1.165, 1.54) is 77.0 Å². The molecular formula is C49H84O12S. The topological polar surface area (TPSA) is 186 Å². The van der Waals surface area contributed by atoms with E-state index in [2.05, 4.69) is 74.6 Å². The first-order valence-electron chi connectivity index (χ1n) is 23.8. The van der Waals surface area contributed by atoms with Crippen molar-refractivity contribution in [3.63, 3.8) is 0 Å². The summed E-state index contributed by atoms with van der Waals surface area (Å²) in [5.41, 5.74) is 0. The second kappa shape index (κ2) is 38.8. The van der Waals surface area contributed by atoms with Gasteiger partial charge in [-0.25, -0.2) is 0 Å². The summed E-state index contributed by atoms with van der Waals surface area (Å²) in [7, 11) is -4.61. The van der Waals surface area contributed by atoms with Crippen LogP contribution in [0.15, 0.2) is 60.8 Å². The van der Waals surface area contributed by atoms with E-state index in [9.17, 15) is 37.9 Å². The molecule has 12 nitrogen and oxygen atoms in total. The van der Waals surface area contributed by atoms with Crippen LogP contribution in [0.3, 0.4) is 0 Å². The van der Waals surface area contributed by atoms with Crippen molar-refractivity contribution in [1.82, 2.24) is 0 Å². The van der Waals surface area contributed by atoms with Crippen molar-refractivity contribution >= 4 is 22.1 Å². The molecule has 0 aromatic carbocycles. The van der Waals surface area contributed by atoms with Crippen LogP contribution in [-0.2, 0) is 38.7 Å². The largest absolute Gasteiger partial charge is 0.462 e. The van der Waals surface area contributed by atoms with Crippen LogP contribution in [0.1, 0.15) is 181 Å². The van der Waals surface area contributed by atoms with Gasteiger partial charge >= 0.3 is 11.9 Å². The Morgan fingerprint density at radius 1 is 0.548 bits per heavy atom. The summed E-state index contributed by atoms with van der Waals surface area (Å²) in [6, 6.07) is 0. The minimum atomic E-state index is -4.61. The number of hydrogen-bond donors (Lipinski definition) is 4. The molecule has 0 aromatic heterocycles. The highest BCUT2D eigenvalue weighted by atomic mass is 32.2. The van der Waals surface area contributed by atoms with Crippen molar-refractivity contribution in [3.8, 4) is 0 Å². The molecule has 0 bridgehead atoms. The maximum atomic E-state index is 12.8. The fraction of sp³-hybridized carbons (Fsp3) is 0.755. The summed E-state index contributed by atoms with van der Waals surface area (Å²) in [6.45, 7) is 3.66. The Labute approximate surface area is 375 Å². The van der Waals surface area contributed by atoms with Crippen molar-refractivity contribution in [2.45, 2.75) is 218 Å². The first-order valence-corrected chi connectivity index (χ1v) is 25.5. The summed E-state index contributed by atoms with van der Waals surface area (Å²) in [5, 5.41) is 30.9. The zero-order valence-corrected chi connectivity index (χ0v) is 39.0. The number of hydrogen-bond acceptors (Lipinski definition) is 11. The Bertz CT molecular complexity index is 1370. The van der Waals surface area contributed by atoms with Crippen LogP contribution in [0, 0.1) is 0 Å². The second-order valence-corrected chi connectivity index (χ2v) is 17.9. The number of rotatable bonds is 39. The highest BCUT2D eigenvalue weighted by Gasteiger charge is 2.46. The van der Waals surface area contributed by atoms with Gasteiger partial charge in [0.25, 0.3) is 10.1 Å². The van der Waals surface area contributed by atoms with Crippen LogP contribution in [0.2, 0.25) is 0 Å². The second-order valence-electron chi connectivity index (χ2n) is 16.4. The number of aliphatic hydroxyl groups excluding tert-OH is 3. The molecule has 0 saturated carbocycles. The number of carbonyl (C=O) groups excluding carboxylic acids is 2. The van der Waals surface area contributed by atoms with Crippen LogP contribution >= 0.6 is 0 Å². The van der Waals surface area contributed by atoms with Gasteiger partial charge in [0.15, 0.2) is 12.4 Å². The molecule has 0 radical (unpaired) electrons. The van der Waals surface area contributed by atoms with E-state index < -0.39 is 71.2 Å². The van der Waals surface area contributed by atoms with Gasteiger partial charge in [0.1, 0.15) is 36.8 Å². The van der Waals surface area contributed by atoms with Crippen molar-refractivity contribution in [2.24, 2.45) is 0 Å². The minimum absolute atomic E-state index is 0.124. The van der Waals surface area contributed by atoms with Crippen molar-refractivity contribution in [3.05, 3.63) is 60.8 Å². The summed E-state index contributed by atoms with van der Waals surface area (Å²) in [4.78, 5) is 25.4. The average molecular weight is 897 g/mol. The molecule has 1 rings (SSSR count). The van der Waals surface area contributed by atoms with Gasteiger partial charge in [-0.2, -0.15) is 8.42 Å². The molecule has 358 valence electrons. The molecular weight excluding hydrogens is 813 g/mol. The Hall–Kier alpha value is -2.65. The zero-order chi connectivity index (χ0) is 45.5. The Morgan fingerprint density at radius 2 is 1.00 bits per heavy atom. The van der Waals surface area contributed by atoms with E-state index in [1.54, 1.807) is 0 Å². The molecule has 1 aliphatic heterocycles. The van der Waals surface area contributed by atoms with Crippen molar-refractivity contribution < 1.29 is 56.8 Å². The van der Waals surface area contributed by atoms with Gasteiger partial charge in [-0.3, -0.25) is 14.1 Å². The normalized spacial score (nSPS) is 20.4. The number of unbranched alkanes of at least 4 members (excludes halogenated alkanes) is 17. The molecule has 0 spiro atoms. The fourth-order valence-corrected chi connectivity index (χ4v) is 7.53. The van der Waals surface area contributed by atoms with Crippen LogP contribution in [0.4, 0.5) is 0 Å². The van der Waals surface area contributed by atoms with Crippen LogP contribution in [-0.4, -0.2) is 96.0 Å². The molecule has 1 saturated heterocycles. The molecule has 1 heterocycles. The summed E-state index contributed by atoms with van der Waals surface area (Å²) in [6.07, 6.45) is 38.3. The van der Waals surface area contributed by atoms with Gasteiger partial charge in [0.2, 0.25) is 0 Å². The predicted molar refractivity (Wildman–Crippen MR) is 247 cm³/mol. The molecule has 0 amide bonds. The van der Waals surface area contributed by atoms with Crippen molar-refractivity contribution in [2.75, 3.05) is 19.0 Å². The quantitative estimate of drug-likeness (QED) is 0.0198. The molecule has 1 fully saturated rings. The molecule has 6 atom stereocenters. The summed E-state index contributed by atoms with van der Waals surface area (Å²) in [5.74, 6) is -2.03. The van der Waals surface area contributed by atoms with Crippen LogP contribution in [0.5, 0.6) is 0 Å². The monoisotopic (exact) mass is 897 g/mol. The Kier molecular flexibility index (Phi) is 35.9. The standard InChI is InChI=1S/C49H84O12S/c1-3-5-7-9-11-13-15-17-19-21-23-25-27-29-31-33-35-37-44(50)58-39-42(40-59-49-48(54)47(53)46(52)43(61-49)41-62(55,56)57)60-45(51)38-36-34-32-30-28-26-24-22-20-18-16-14-12-10-8-6-4-2/h8,10,13-16,20,22,26,28,42-43,46-49,52-54H,3-7,9,11-12,17-19,21,23-25,27,29-41H2,1-2H3,(H,55,56,57)/b10-8+,15-13+,16-14+,22-20+,28-26+/t42-,43-,46-,47?,48?,49+/m1/s1. The predicted octanol–water partition coefficient (Wildman–Crippen LogP) is 10.1. The van der Waals surface area contributed by atoms with Gasteiger partial charge in [0, 0.05) is 12.8 Å². The number of esters is 2. The average Bonchev–Trinajstić information content (AvgIpc) is 3.24. The first kappa shape index (κ1) is 57.4. The Balaban J connectivity index is 2.45. The third-order valence-corrected chi connectivity index (χ3v) is 11.3. The van der Waals surface area contributed by atoms with E-state index in [0.29, 0.717) is 12.8 Å². The molecule has 13 heteroatoms. The van der Waals surface area contributed by atoms with Gasteiger partial charge in [-0.1, -0.05) is 152 Å². The molecule has 4 N–H and O–H groups in total. The molecule has 2 unspecified atom stereocenters. The van der Waals surface area contributed by atoms with Gasteiger partial charge in [0.05, 0.1) is 6.61 Å². The lowest BCUT2D eigenvalue weighted by Gasteiger charge is -2.40. The summed E-state index contributed by atoms with van der Waals surface area (Å²) < 4.78 is 54.1. The van der Waals surface area contributed by atoms with Crippen LogP contribution < -0.4 is 0 Å². The number of aliphatic hydroxyl groups is 3. The molecule has 0 aliphatic carbocycles. The maximum Gasteiger partial charge on any atom is 0.306 e. The molecule has 62 heavy (non-hydrogen) atoms. The van der Waals surface area contributed by atoms with Gasteiger partial charge in [-0.05, 0) is 77.0 Å². The minimum Gasteiger partial charge on any atom is -0.462 e. The Morgan fingerprint density at radius 3 is 1.53 bits per heavy atom. The molecule has 0 aromatic rings. The number of allylic oxidation sites excluding steroid dienone is 10. The lowest BCUT2D eigenvalue weighted by atomic mass is 10.00. The highest BCUT2D eigenvalue weighted by molar-refractivity contribution is 7.85. The van der Waals surface area contributed by atoms with E-state index in [4.69, 9.17) is 18.9 Å². The van der Waals surface area contributed by atoms with E-state index in [-0.39, 0.29) is 19.4 Å². The van der Waals surface area contributed by atoms with E-state index in [0.717, 1.165) is 64.2 Å². The SMILES string of the molecule is CCC/C=C/C/C=C/C/C=C/C/C=C/CCCCCC(=O)O[C@H](COC(=O)CCCCCCCCCCC/C=C/CCCCCC)CO[C@H]1O[C@H](CS(=O)(=O)O)[C@@H](O)C(O)C1O. The number of ether oxygens (including phenoxy) is 4. The summed E-state index contributed by atoms with van der Waals surface area (Å²) >= 11 is 0. The fourth-order valence-electron chi connectivity index (χ4n) is 6.84. The smallest absolute Gasteiger partial charge is 0.306 e. The van der Waals surface area contributed by atoms with Crippen LogP contribution in [0.25, 0.3) is 0 Å². The van der Waals surface area contributed by atoms with Gasteiger partial charge < -0.3 is 34.3 Å². The molecule has 1 aliphatic rings. The number of carbonyl (C=O) groups is 2.